The number of benzene rings is 2. The van der Waals surface area contributed by atoms with E-state index in [0.29, 0.717) is 28.1 Å². The van der Waals surface area contributed by atoms with E-state index in [2.05, 4.69) is 10.3 Å². The minimum absolute atomic E-state index is 0.0720. The lowest BCUT2D eigenvalue weighted by atomic mass is 10.1. The van der Waals surface area contributed by atoms with E-state index in [1.54, 1.807) is 24.4 Å². The lowest BCUT2D eigenvalue weighted by Gasteiger charge is -2.18. The fourth-order valence-electron chi connectivity index (χ4n) is 3.48. The summed E-state index contributed by atoms with van der Waals surface area (Å²) in [6, 6.07) is 7.50. The first-order chi connectivity index (χ1) is 14.3. The molecule has 1 N–H and O–H groups in total. The predicted octanol–water partition coefficient (Wildman–Crippen LogP) is 3.03. The minimum Gasteiger partial charge on any atom is -0.481 e. The molecule has 9 heteroatoms. The number of aliphatic carboxylic acids is 1. The number of carboxylic acid groups (broad SMARTS) is 1. The van der Waals surface area contributed by atoms with Crippen molar-refractivity contribution in [2.45, 2.75) is 32.9 Å². The van der Waals surface area contributed by atoms with Crippen molar-refractivity contribution >= 4 is 11.9 Å². The monoisotopic (exact) mass is 412 g/mol. The second kappa shape index (κ2) is 7.66. The SMILES string of the molecule is Cc1ccc(C(=O)N2Cc3cc(F)c(F)cc3C2)c(-n2cc(CCC(=O)O)nn2)c1. The van der Waals surface area contributed by atoms with Gasteiger partial charge in [-0.2, -0.15) is 0 Å². The molecule has 0 spiro atoms. The summed E-state index contributed by atoms with van der Waals surface area (Å²) in [5.74, 6) is -3.10. The molecule has 0 saturated heterocycles. The van der Waals surface area contributed by atoms with Crippen molar-refractivity contribution in [2.75, 3.05) is 0 Å². The zero-order valence-corrected chi connectivity index (χ0v) is 16.1. The quantitative estimate of drug-likeness (QED) is 0.696. The Kier molecular flexibility index (Phi) is 5.03. The Morgan fingerprint density at radius 1 is 1.10 bits per heavy atom. The first kappa shape index (κ1) is 19.7. The molecule has 0 atom stereocenters. The Labute approximate surface area is 170 Å². The van der Waals surface area contributed by atoms with Crippen LogP contribution >= 0.6 is 0 Å². The second-order valence-corrected chi connectivity index (χ2v) is 7.27. The van der Waals surface area contributed by atoms with Gasteiger partial charge in [0.1, 0.15) is 0 Å². The third-order valence-electron chi connectivity index (χ3n) is 5.02. The van der Waals surface area contributed by atoms with Crippen LogP contribution in [0.2, 0.25) is 0 Å². The molecule has 4 rings (SSSR count). The molecule has 0 radical (unpaired) electrons. The number of carbonyl (C=O) groups is 2. The van der Waals surface area contributed by atoms with Gasteiger partial charge in [0.2, 0.25) is 0 Å². The van der Waals surface area contributed by atoms with Crippen molar-refractivity contribution in [1.82, 2.24) is 19.9 Å². The Morgan fingerprint density at radius 3 is 2.40 bits per heavy atom. The number of rotatable bonds is 5. The molecule has 154 valence electrons. The van der Waals surface area contributed by atoms with Gasteiger partial charge in [-0.1, -0.05) is 11.3 Å². The summed E-state index contributed by atoms with van der Waals surface area (Å²) < 4.78 is 28.5. The van der Waals surface area contributed by atoms with Gasteiger partial charge in [-0.3, -0.25) is 9.59 Å². The summed E-state index contributed by atoms with van der Waals surface area (Å²) in [6.45, 7) is 2.23. The summed E-state index contributed by atoms with van der Waals surface area (Å²) >= 11 is 0. The highest BCUT2D eigenvalue weighted by Crippen LogP contribution is 2.28. The zero-order chi connectivity index (χ0) is 21.4. The average Bonchev–Trinajstić information content (AvgIpc) is 3.33. The number of amides is 1. The van der Waals surface area contributed by atoms with E-state index in [1.165, 1.54) is 9.58 Å². The number of nitrogens with zero attached hydrogens (tertiary/aromatic N) is 4. The molecule has 0 unspecified atom stereocenters. The standard InChI is InChI=1S/C21H18F2N4O3/c1-12-2-4-16(19(6-12)27-11-15(24-25-27)3-5-20(28)29)21(30)26-9-13-7-17(22)18(23)8-14(13)10-26/h2,4,6-8,11H,3,5,9-10H2,1H3,(H,28,29). The molecule has 1 aliphatic rings. The third kappa shape index (κ3) is 3.78. The maximum absolute atomic E-state index is 13.5. The Balaban J connectivity index is 1.62. The fourth-order valence-corrected chi connectivity index (χ4v) is 3.48. The molecule has 0 aliphatic carbocycles. The van der Waals surface area contributed by atoms with E-state index in [-0.39, 0.29) is 31.8 Å². The first-order valence-electron chi connectivity index (χ1n) is 9.32. The van der Waals surface area contributed by atoms with E-state index < -0.39 is 17.6 Å². The van der Waals surface area contributed by atoms with Crippen molar-refractivity contribution in [3.63, 3.8) is 0 Å². The van der Waals surface area contributed by atoms with E-state index in [9.17, 15) is 18.4 Å². The molecule has 1 amide bonds. The summed E-state index contributed by atoms with van der Waals surface area (Å²) in [6.07, 6.45) is 1.75. The van der Waals surface area contributed by atoms with Crippen molar-refractivity contribution in [1.29, 1.82) is 0 Å². The van der Waals surface area contributed by atoms with Gasteiger partial charge in [0.15, 0.2) is 11.6 Å². The van der Waals surface area contributed by atoms with Gasteiger partial charge in [-0.05, 0) is 47.9 Å². The molecule has 0 bridgehead atoms. The van der Waals surface area contributed by atoms with Crippen LogP contribution < -0.4 is 0 Å². The van der Waals surface area contributed by atoms with Crippen molar-refractivity contribution in [3.05, 3.63) is 76.1 Å². The molecule has 7 nitrogen and oxygen atoms in total. The smallest absolute Gasteiger partial charge is 0.303 e. The first-order valence-corrected chi connectivity index (χ1v) is 9.32. The van der Waals surface area contributed by atoms with Crippen molar-refractivity contribution in [2.24, 2.45) is 0 Å². The molecule has 2 heterocycles. The van der Waals surface area contributed by atoms with E-state index in [4.69, 9.17) is 5.11 Å². The number of halogens is 2. The van der Waals surface area contributed by atoms with Crippen LogP contribution in [0.25, 0.3) is 5.69 Å². The Morgan fingerprint density at radius 2 is 1.77 bits per heavy atom. The molecule has 30 heavy (non-hydrogen) atoms. The van der Waals surface area contributed by atoms with Crippen LogP contribution in [0.5, 0.6) is 0 Å². The predicted molar refractivity (Wildman–Crippen MR) is 102 cm³/mol. The number of hydrogen-bond acceptors (Lipinski definition) is 4. The molecular formula is C21H18F2N4O3. The number of carbonyl (C=O) groups excluding carboxylic acids is 1. The lowest BCUT2D eigenvalue weighted by molar-refractivity contribution is -0.136. The van der Waals surface area contributed by atoms with Crippen LogP contribution in [0.1, 0.15) is 39.2 Å². The van der Waals surface area contributed by atoms with E-state index in [1.807, 2.05) is 6.92 Å². The summed E-state index contributed by atoms with van der Waals surface area (Å²) in [4.78, 5) is 25.5. The summed E-state index contributed by atoms with van der Waals surface area (Å²) in [5, 5.41) is 16.9. The van der Waals surface area contributed by atoms with Crippen molar-refractivity contribution < 1.29 is 23.5 Å². The topological polar surface area (TPSA) is 88.3 Å². The average molecular weight is 412 g/mol. The maximum atomic E-state index is 13.5. The van der Waals surface area contributed by atoms with Crippen LogP contribution in [0.3, 0.4) is 0 Å². The highest BCUT2D eigenvalue weighted by molar-refractivity contribution is 5.98. The van der Waals surface area contributed by atoms with Gasteiger partial charge < -0.3 is 10.0 Å². The van der Waals surface area contributed by atoms with Gasteiger partial charge in [-0.15, -0.1) is 5.10 Å². The van der Waals surface area contributed by atoms with Crippen LogP contribution in [-0.2, 0) is 24.3 Å². The zero-order valence-electron chi connectivity index (χ0n) is 16.1. The van der Waals surface area contributed by atoms with Gasteiger partial charge >= 0.3 is 5.97 Å². The highest BCUT2D eigenvalue weighted by Gasteiger charge is 2.28. The number of carboxylic acids is 1. The molecule has 2 aromatic carbocycles. The van der Waals surface area contributed by atoms with Gasteiger partial charge in [-0.25, -0.2) is 13.5 Å². The van der Waals surface area contributed by atoms with Crippen molar-refractivity contribution in [3.8, 4) is 5.69 Å². The minimum atomic E-state index is -0.935. The van der Waals surface area contributed by atoms with Crippen LogP contribution in [-0.4, -0.2) is 36.9 Å². The Bertz CT molecular complexity index is 1130. The van der Waals surface area contributed by atoms with E-state index >= 15 is 0 Å². The van der Waals surface area contributed by atoms with Gasteiger partial charge in [0, 0.05) is 19.5 Å². The normalized spacial score (nSPS) is 12.8. The van der Waals surface area contributed by atoms with Crippen LogP contribution in [0.4, 0.5) is 8.78 Å². The van der Waals surface area contributed by atoms with E-state index in [0.717, 1.165) is 17.7 Å². The molecule has 1 aromatic heterocycles. The van der Waals surface area contributed by atoms with Crippen LogP contribution in [0, 0.1) is 18.6 Å². The molecule has 0 fully saturated rings. The Hall–Kier alpha value is -3.62. The largest absolute Gasteiger partial charge is 0.481 e. The second-order valence-electron chi connectivity index (χ2n) is 7.27. The molecule has 1 aliphatic heterocycles. The third-order valence-corrected chi connectivity index (χ3v) is 5.02. The fraction of sp³-hybridized carbons (Fsp3) is 0.238. The number of hydrogen-bond donors (Lipinski definition) is 1. The molecular weight excluding hydrogens is 394 g/mol. The lowest BCUT2D eigenvalue weighted by Crippen LogP contribution is -2.26. The number of aromatic nitrogens is 3. The number of fused-ring (bicyclic) bond motifs is 1. The molecule has 3 aromatic rings. The van der Waals surface area contributed by atoms with Crippen LogP contribution in [0.15, 0.2) is 36.5 Å². The van der Waals surface area contributed by atoms with Gasteiger partial charge in [0.05, 0.1) is 29.6 Å². The van der Waals surface area contributed by atoms with Gasteiger partial charge in [0.25, 0.3) is 5.91 Å². The summed E-state index contributed by atoms with van der Waals surface area (Å²) in [7, 11) is 0. The maximum Gasteiger partial charge on any atom is 0.303 e. The highest BCUT2D eigenvalue weighted by atomic mass is 19.2. The number of aryl methyl sites for hydroxylation is 2. The summed E-state index contributed by atoms with van der Waals surface area (Å²) in [5.41, 5.74) is 3.42. The molecule has 0 saturated carbocycles.